The Balaban J connectivity index is 5.24. The minimum Gasteiger partial charge on any atom is -0.462 e. The number of rotatable bonds is 65. The van der Waals surface area contributed by atoms with Gasteiger partial charge < -0.3 is 33.8 Å². The van der Waals surface area contributed by atoms with Crippen LogP contribution in [0.4, 0.5) is 0 Å². The number of carbonyl (C=O) groups is 4. The molecule has 0 aromatic carbocycles. The summed E-state index contributed by atoms with van der Waals surface area (Å²) >= 11 is 0. The van der Waals surface area contributed by atoms with Gasteiger partial charge in [-0.1, -0.05) is 280 Å². The van der Waals surface area contributed by atoms with Gasteiger partial charge in [-0.2, -0.15) is 0 Å². The average molecular weight is 1280 g/mol. The van der Waals surface area contributed by atoms with Crippen LogP contribution in [0.25, 0.3) is 0 Å². The first kappa shape index (κ1) is 85.1. The van der Waals surface area contributed by atoms with Crippen molar-refractivity contribution < 1.29 is 80.2 Å². The van der Waals surface area contributed by atoms with Crippen molar-refractivity contribution in [3.63, 3.8) is 0 Å². The Bertz CT molecular complexity index is 1730. The summed E-state index contributed by atoms with van der Waals surface area (Å²) in [7, 11) is -9.90. The number of esters is 4. The quantitative estimate of drug-likeness (QED) is 0.0222. The molecule has 0 aromatic rings. The predicted molar refractivity (Wildman–Crippen MR) is 349 cm³/mol. The summed E-state index contributed by atoms with van der Waals surface area (Å²) in [5.41, 5.74) is 0. The van der Waals surface area contributed by atoms with Crippen molar-refractivity contribution in [3.05, 3.63) is 0 Å². The Kier molecular flexibility index (Phi) is 56.6. The van der Waals surface area contributed by atoms with Crippen molar-refractivity contribution in [1.29, 1.82) is 0 Å². The molecule has 0 saturated heterocycles. The van der Waals surface area contributed by atoms with Gasteiger partial charge in [0, 0.05) is 25.7 Å². The van der Waals surface area contributed by atoms with Gasteiger partial charge in [0.15, 0.2) is 12.2 Å². The molecule has 0 aromatic heterocycles. The summed E-state index contributed by atoms with van der Waals surface area (Å²) in [6, 6.07) is 0. The average Bonchev–Trinajstić information content (AvgIpc) is 3.54. The fraction of sp³-hybridized carbons (Fsp3) is 0.941. The zero-order valence-electron chi connectivity index (χ0n) is 56.6. The fourth-order valence-electron chi connectivity index (χ4n) is 10.1. The molecule has 0 bridgehead atoms. The highest BCUT2D eigenvalue weighted by Crippen LogP contribution is 2.45. The molecule has 0 spiro atoms. The van der Waals surface area contributed by atoms with E-state index in [4.69, 9.17) is 37.0 Å². The summed E-state index contributed by atoms with van der Waals surface area (Å²) in [5.74, 6) is 0.780. The molecule has 0 saturated carbocycles. The normalized spacial score (nSPS) is 14.3. The molecule has 0 fully saturated rings. The van der Waals surface area contributed by atoms with Crippen molar-refractivity contribution in [2.24, 2.45) is 23.7 Å². The van der Waals surface area contributed by atoms with Crippen molar-refractivity contribution in [1.82, 2.24) is 0 Å². The maximum atomic E-state index is 13.0. The second-order valence-electron chi connectivity index (χ2n) is 26.5. The zero-order valence-corrected chi connectivity index (χ0v) is 58.4. The highest BCUT2D eigenvalue weighted by atomic mass is 31.2. The molecule has 516 valence electrons. The predicted octanol–water partition coefficient (Wildman–Crippen LogP) is 18.9. The molecule has 0 amide bonds. The molecule has 0 aliphatic heterocycles. The van der Waals surface area contributed by atoms with E-state index < -0.39 is 97.5 Å². The number of phosphoric acid groups is 2. The van der Waals surface area contributed by atoms with E-state index in [0.717, 1.165) is 115 Å². The fourth-order valence-corrected chi connectivity index (χ4v) is 11.7. The first-order valence-corrected chi connectivity index (χ1v) is 38.2. The first-order chi connectivity index (χ1) is 41.6. The van der Waals surface area contributed by atoms with Gasteiger partial charge in [-0.25, -0.2) is 9.13 Å². The molecular weight excluding hydrogens is 1150 g/mol. The molecule has 19 heteroatoms. The number of unbranched alkanes of at least 4 members (excludes halogenated alkanes) is 31. The Morgan fingerprint density at radius 1 is 0.287 bits per heavy atom. The van der Waals surface area contributed by atoms with Crippen molar-refractivity contribution in [3.8, 4) is 0 Å². The van der Waals surface area contributed by atoms with Gasteiger partial charge in [0.25, 0.3) is 0 Å². The first-order valence-electron chi connectivity index (χ1n) is 35.2. The molecule has 0 aliphatic rings. The standard InChI is InChI=1S/C68H132O17P2/c1-58(2)44-36-28-20-14-12-10-9-11-13-15-24-34-42-50-67(72)84-63(54-78-65(70)48-40-32-26-18-22-30-38-46-60(5)6)56-82-86(74,75)80-52-62(69)53-81-87(76,77)83-57-64(55-79-66(71)49-41-33-27-19-23-31-39-47-61(7)8)85-68(73)51-43-35-25-17-16-21-29-37-45-59(3)4/h58-64,69H,9-57H2,1-8H3,(H,74,75)(H,76,77)/t62?,63-,64-/m1/s1. The Morgan fingerprint density at radius 2 is 0.483 bits per heavy atom. The number of aliphatic hydroxyl groups excluding tert-OH is 1. The third-order valence-electron chi connectivity index (χ3n) is 15.6. The van der Waals surface area contributed by atoms with Crippen LogP contribution in [0.2, 0.25) is 0 Å². The highest BCUT2D eigenvalue weighted by molar-refractivity contribution is 7.47. The molecule has 17 nitrogen and oxygen atoms in total. The maximum Gasteiger partial charge on any atom is 0.472 e. The third-order valence-corrected chi connectivity index (χ3v) is 17.5. The third kappa shape index (κ3) is 62.6. The molecule has 87 heavy (non-hydrogen) atoms. The van der Waals surface area contributed by atoms with E-state index in [-0.39, 0.29) is 25.7 Å². The number of ether oxygens (including phenoxy) is 4. The van der Waals surface area contributed by atoms with Gasteiger partial charge in [-0.05, 0) is 49.4 Å². The summed E-state index contributed by atoms with van der Waals surface area (Å²) in [6.45, 7) is 14.0. The summed E-state index contributed by atoms with van der Waals surface area (Å²) in [6.07, 6.45) is 39.1. The lowest BCUT2D eigenvalue weighted by molar-refractivity contribution is -0.161. The molecular formula is C68H132O17P2. The SMILES string of the molecule is CC(C)CCCCCCCCCCCCCCCC(=O)O[C@H](COC(=O)CCCCCCCCCC(C)C)COP(=O)(O)OCC(O)COP(=O)(O)OC[C@@H](COC(=O)CCCCCCCCCC(C)C)OC(=O)CCCCCCCCCCC(C)C. The van der Waals surface area contributed by atoms with E-state index in [9.17, 15) is 43.2 Å². The van der Waals surface area contributed by atoms with Gasteiger partial charge in [-0.3, -0.25) is 37.3 Å². The van der Waals surface area contributed by atoms with Gasteiger partial charge >= 0.3 is 39.5 Å². The zero-order chi connectivity index (χ0) is 64.7. The van der Waals surface area contributed by atoms with Gasteiger partial charge in [0.1, 0.15) is 19.3 Å². The Hall–Kier alpha value is -1.94. The van der Waals surface area contributed by atoms with Crippen molar-refractivity contribution >= 4 is 39.5 Å². The number of hydrogen-bond donors (Lipinski definition) is 3. The summed E-state index contributed by atoms with van der Waals surface area (Å²) in [4.78, 5) is 72.4. The molecule has 3 unspecified atom stereocenters. The van der Waals surface area contributed by atoms with E-state index in [1.165, 1.54) is 122 Å². The topological polar surface area (TPSA) is 237 Å². The van der Waals surface area contributed by atoms with Crippen LogP contribution in [-0.4, -0.2) is 96.7 Å². The van der Waals surface area contributed by atoms with E-state index >= 15 is 0 Å². The summed E-state index contributed by atoms with van der Waals surface area (Å²) < 4.78 is 68.1. The number of phosphoric ester groups is 2. The molecule has 0 radical (unpaired) electrons. The highest BCUT2D eigenvalue weighted by Gasteiger charge is 2.30. The minimum absolute atomic E-state index is 0.103. The minimum atomic E-state index is -4.95. The second-order valence-corrected chi connectivity index (χ2v) is 29.4. The Morgan fingerprint density at radius 3 is 0.713 bits per heavy atom. The van der Waals surface area contributed by atoms with Crippen LogP contribution in [0, 0.1) is 23.7 Å². The molecule has 0 heterocycles. The van der Waals surface area contributed by atoms with Crippen LogP contribution >= 0.6 is 15.6 Å². The van der Waals surface area contributed by atoms with E-state index in [1.54, 1.807) is 0 Å². The van der Waals surface area contributed by atoms with Crippen LogP contribution in [0.1, 0.15) is 331 Å². The number of carbonyl (C=O) groups excluding carboxylic acids is 4. The van der Waals surface area contributed by atoms with Crippen molar-refractivity contribution in [2.45, 2.75) is 350 Å². The lowest BCUT2D eigenvalue weighted by atomic mass is 10.0. The van der Waals surface area contributed by atoms with Gasteiger partial charge in [0.2, 0.25) is 0 Å². The maximum absolute atomic E-state index is 13.0. The largest absolute Gasteiger partial charge is 0.472 e. The van der Waals surface area contributed by atoms with E-state index in [1.807, 2.05) is 0 Å². The molecule has 0 aliphatic carbocycles. The van der Waals surface area contributed by atoms with Crippen molar-refractivity contribution in [2.75, 3.05) is 39.6 Å². The monoisotopic (exact) mass is 1280 g/mol. The smallest absolute Gasteiger partial charge is 0.462 e. The number of aliphatic hydroxyl groups is 1. The second kappa shape index (κ2) is 57.9. The summed E-state index contributed by atoms with van der Waals surface area (Å²) in [5, 5.41) is 10.6. The van der Waals surface area contributed by atoms with Crippen LogP contribution in [0.5, 0.6) is 0 Å². The molecule has 0 rings (SSSR count). The van der Waals surface area contributed by atoms with E-state index in [0.29, 0.717) is 37.5 Å². The Labute approximate surface area is 530 Å². The molecule has 3 N–H and O–H groups in total. The lowest BCUT2D eigenvalue weighted by Crippen LogP contribution is -2.30. The number of hydrogen-bond acceptors (Lipinski definition) is 15. The van der Waals surface area contributed by atoms with Crippen LogP contribution < -0.4 is 0 Å². The van der Waals surface area contributed by atoms with Crippen LogP contribution in [0.15, 0.2) is 0 Å². The van der Waals surface area contributed by atoms with Crippen LogP contribution in [-0.2, 0) is 65.4 Å². The molecule has 5 atom stereocenters. The van der Waals surface area contributed by atoms with Gasteiger partial charge in [0.05, 0.1) is 26.4 Å². The van der Waals surface area contributed by atoms with Crippen LogP contribution in [0.3, 0.4) is 0 Å². The lowest BCUT2D eigenvalue weighted by Gasteiger charge is -2.21. The van der Waals surface area contributed by atoms with Gasteiger partial charge in [-0.15, -0.1) is 0 Å². The van der Waals surface area contributed by atoms with E-state index in [2.05, 4.69) is 55.4 Å².